The molecule has 1 aromatic carbocycles. The summed E-state index contributed by atoms with van der Waals surface area (Å²) in [6.07, 6.45) is 1.67. The molecule has 0 radical (unpaired) electrons. The van der Waals surface area contributed by atoms with Crippen molar-refractivity contribution in [3.05, 3.63) is 52.1 Å². The highest BCUT2D eigenvalue weighted by Crippen LogP contribution is 2.31. The van der Waals surface area contributed by atoms with Gasteiger partial charge in [0.25, 0.3) is 5.91 Å². The number of rotatable bonds is 3. The standard InChI is InChI=1S/C23H27ClFN7O/c1-14-27-28-15(2)32(14)17-6-8-30(9-7-17)23(33)21-20-13-29(3)10-11-31(20)22(26-21)18-5-4-16(24)12-19(18)25/h4-5,12,17H,6-11,13H2,1-3H3. The minimum Gasteiger partial charge on any atom is -0.337 e. The highest BCUT2D eigenvalue weighted by atomic mass is 35.5. The smallest absolute Gasteiger partial charge is 0.274 e. The molecule has 1 amide bonds. The van der Waals surface area contributed by atoms with Gasteiger partial charge in [-0.1, -0.05) is 11.6 Å². The Morgan fingerprint density at radius 1 is 1.09 bits per heavy atom. The lowest BCUT2D eigenvalue weighted by atomic mass is 10.0. The van der Waals surface area contributed by atoms with Gasteiger partial charge in [0.2, 0.25) is 0 Å². The van der Waals surface area contributed by atoms with E-state index in [1.807, 2.05) is 30.4 Å². The van der Waals surface area contributed by atoms with Crippen LogP contribution in [0.1, 0.15) is 46.7 Å². The molecule has 10 heteroatoms. The van der Waals surface area contributed by atoms with Crippen molar-refractivity contribution >= 4 is 17.5 Å². The number of amides is 1. The maximum Gasteiger partial charge on any atom is 0.274 e. The highest BCUT2D eigenvalue weighted by Gasteiger charge is 2.32. The first-order valence-electron chi connectivity index (χ1n) is 11.2. The number of imidazole rings is 1. The van der Waals surface area contributed by atoms with Crippen molar-refractivity contribution in [1.29, 1.82) is 0 Å². The molecule has 33 heavy (non-hydrogen) atoms. The number of likely N-dealkylation sites (tertiary alicyclic amines) is 1. The van der Waals surface area contributed by atoms with E-state index < -0.39 is 5.82 Å². The molecule has 0 unspecified atom stereocenters. The number of aryl methyl sites for hydroxylation is 2. The largest absolute Gasteiger partial charge is 0.337 e. The highest BCUT2D eigenvalue weighted by molar-refractivity contribution is 6.30. The number of piperidine rings is 1. The van der Waals surface area contributed by atoms with Crippen LogP contribution in [0.25, 0.3) is 11.4 Å². The Morgan fingerprint density at radius 3 is 2.45 bits per heavy atom. The maximum atomic E-state index is 14.7. The van der Waals surface area contributed by atoms with E-state index in [9.17, 15) is 9.18 Å². The first kappa shape index (κ1) is 22.0. The first-order valence-corrected chi connectivity index (χ1v) is 11.6. The predicted molar refractivity (Wildman–Crippen MR) is 123 cm³/mol. The third-order valence-electron chi connectivity index (χ3n) is 6.73. The van der Waals surface area contributed by atoms with Crippen LogP contribution in [0.3, 0.4) is 0 Å². The van der Waals surface area contributed by atoms with E-state index in [1.165, 1.54) is 6.07 Å². The quantitative estimate of drug-likeness (QED) is 0.585. The molecule has 1 saturated heterocycles. The third kappa shape index (κ3) is 3.93. The Morgan fingerprint density at radius 2 is 1.79 bits per heavy atom. The molecule has 0 atom stereocenters. The Bertz CT molecular complexity index is 1190. The van der Waals surface area contributed by atoms with Crippen LogP contribution >= 0.6 is 11.6 Å². The summed E-state index contributed by atoms with van der Waals surface area (Å²) in [6, 6.07) is 4.85. The molecule has 0 saturated carbocycles. The summed E-state index contributed by atoms with van der Waals surface area (Å²) in [6.45, 7) is 7.24. The minimum atomic E-state index is -0.436. The SMILES string of the molecule is Cc1nnc(C)n1C1CCN(C(=O)c2nc(-c3ccc(Cl)cc3F)n3c2CN(C)CC3)CC1. The molecule has 2 aliphatic rings. The van der Waals surface area contributed by atoms with E-state index in [-0.39, 0.29) is 11.9 Å². The van der Waals surface area contributed by atoms with Gasteiger partial charge in [0.15, 0.2) is 5.69 Å². The van der Waals surface area contributed by atoms with Crippen molar-refractivity contribution < 1.29 is 9.18 Å². The second-order valence-corrected chi connectivity index (χ2v) is 9.37. The number of aromatic nitrogens is 5. The monoisotopic (exact) mass is 471 g/mol. The van der Waals surface area contributed by atoms with Crippen molar-refractivity contribution in [3.8, 4) is 11.4 Å². The van der Waals surface area contributed by atoms with E-state index in [0.29, 0.717) is 48.3 Å². The van der Waals surface area contributed by atoms with E-state index >= 15 is 0 Å². The van der Waals surface area contributed by atoms with Gasteiger partial charge in [0.1, 0.15) is 23.3 Å². The van der Waals surface area contributed by atoms with Gasteiger partial charge in [0.05, 0.1) is 11.3 Å². The fourth-order valence-electron chi connectivity index (χ4n) is 5.02. The summed E-state index contributed by atoms with van der Waals surface area (Å²) < 4.78 is 18.9. The Kier molecular flexibility index (Phi) is 5.70. The number of carbonyl (C=O) groups is 1. The number of hydrogen-bond acceptors (Lipinski definition) is 5. The fraction of sp³-hybridized carbons (Fsp3) is 0.478. The lowest BCUT2D eigenvalue weighted by Gasteiger charge is -2.33. The molecule has 0 N–H and O–H groups in total. The van der Waals surface area contributed by atoms with Crippen molar-refractivity contribution in [3.63, 3.8) is 0 Å². The van der Waals surface area contributed by atoms with E-state index in [1.54, 1.807) is 12.1 Å². The summed E-state index contributed by atoms with van der Waals surface area (Å²) in [5.74, 6) is 1.76. The summed E-state index contributed by atoms with van der Waals surface area (Å²) >= 11 is 5.95. The molecule has 2 aliphatic heterocycles. The number of halogens is 2. The van der Waals surface area contributed by atoms with Gasteiger partial charge in [-0.25, -0.2) is 9.37 Å². The molecule has 0 spiro atoms. The Balaban J connectivity index is 1.43. The zero-order valence-corrected chi connectivity index (χ0v) is 19.8. The van der Waals surface area contributed by atoms with Crippen LogP contribution in [-0.2, 0) is 13.1 Å². The van der Waals surface area contributed by atoms with Gasteiger partial charge in [-0.05, 0) is 51.9 Å². The number of nitrogens with zero attached hydrogens (tertiary/aromatic N) is 7. The van der Waals surface area contributed by atoms with Crippen LogP contribution in [0.15, 0.2) is 18.2 Å². The third-order valence-corrected chi connectivity index (χ3v) is 6.96. The number of hydrogen-bond donors (Lipinski definition) is 0. The zero-order chi connectivity index (χ0) is 23.3. The van der Waals surface area contributed by atoms with Crippen LogP contribution < -0.4 is 0 Å². The zero-order valence-electron chi connectivity index (χ0n) is 19.1. The fourth-order valence-corrected chi connectivity index (χ4v) is 5.18. The van der Waals surface area contributed by atoms with E-state index in [4.69, 9.17) is 16.6 Å². The van der Waals surface area contributed by atoms with E-state index in [0.717, 1.165) is 36.7 Å². The van der Waals surface area contributed by atoms with Gasteiger partial charge in [-0.3, -0.25) is 9.69 Å². The van der Waals surface area contributed by atoms with E-state index in [2.05, 4.69) is 19.7 Å². The Hall–Kier alpha value is -2.78. The lowest BCUT2D eigenvalue weighted by molar-refractivity contribution is 0.0684. The molecular weight excluding hydrogens is 445 g/mol. The first-order chi connectivity index (χ1) is 15.8. The number of carbonyl (C=O) groups excluding carboxylic acids is 1. The van der Waals surface area contributed by atoms with Crippen LogP contribution in [0.4, 0.5) is 4.39 Å². The molecule has 0 aliphatic carbocycles. The molecule has 5 rings (SSSR count). The maximum absolute atomic E-state index is 14.7. The molecular formula is C23H27ClFN7O. The molecule has 174 valence electrons. The molecule has 8 nitrogen and oxygen atoms in total. The predicted octanol–water partition coefficient (Wildman–Crippen LogP) is 3.47. The Labute approximate surface area is 197 Å². The van der Waals surface area contributed by atoms with Crippen molar-refractivity contribution in [1.82, 2.24) is 34.1 Å². The second kappa shape index (κ2) is 8.53. The van der Waals surface area contributed by atoms with Gasteiger partial charge >= 0.3 is 0 Å². The van der Waals surface area contributed by atoms with Crippen molar-refractivity contribution in [2.75, 3.05) is 26.7 Å². The number of likely N-dealkylation sites (N-methyl/N-ethyl adjacent to an activating group) is 1. The van der Waals surface area contributed by atoms with Crippen LogP contribution in [0.5, 0.6) is 0 Å². The van der Waals surface area contributed by atoms with Gasteiger partial charge in [-0.2, -0.15) is 0 Å². The molecule has 3 aromatic rings. The second-order valence-electron chi connectivity index (χ2n) is 8.93. The number of fused-ring (bicyclic) bond motifs is 1. The summed E-state index contributed by atoms with van der Waals surface area (Å²) in [4.78, 5) is 22.3. The van der Waals surface area contributed by atoms with Crippen LogP contribution in [-0.4, -0.2) is 66.7 Å². The summed E-state index contributed by atoms with van der Waals surface area (Å²) in [5, 5.41) is 8.67. The summed E-state index contributed by atoms with van der Waals surface area (Å²) in [7, 11) is 2.02. The number of benzene rings is 1. The van der Waals surface area contributed by atoms with Crippen molar-refractivity contribution in [2.45, 2.75) is 45.8 Å². The molecule has 1 fully saturated rings. The molecule has 4 heterocycles. The van der Waals surface area contributed by atoms with Crippen molar-refractivity contribution in [2.24, 2.45) is 0 Å². The normalized spacial score (nSPS) is 17.4. The average molecular weight is 472 g/mol. The molecule has 2 aromatic heterocycles. The van der Waals surface area contributed by atoms with Gasteiger partial charge < -0.3 is 14.0 Å². The van der Waals surface area contributed by atoms with Gasteiger partial charge in [-0.15, -0.1) is 10.2 Å². The lowest BCUT2D eigenvalue weighted by Crippen LogP contribution is -2.40. The summed E-state index contributed by atoms with van der Waals surface area (Å²) in [5.41, 5.74) is 1.62. The topological polar surface area (TPSA) is 72.1 Å². The molecule has 0 bridgehead atoms. The van der Waals surface area contributed by atoms with Crippen LogP contribution in [0, 0.1) is 19.7 Å². The van der Waals surface area contributed by atoms with Gasteiger partial charge in [0, 0.05) is 43.8 Å². The average Bonchev–Trinajstić information content (AvgIpc) is 3.32. The minimum absolute atomic E-state index is 0.0923. The van der Waals surface area contributed by atoms with Crippen LogP contribution in [0.2, 0.25) is 5.02 Å².